The van der Waals surface area contributed by atoms with Gasteiger partial charge in [0.25, 0.3) is 5.91 Å². The number of carbonyl (C=O) groups is 1. The molecular weight excluding hydrogens is 451 g/mol. The van der Waals surface area contributed by atoms with Gasteiger partial charge in [0.15, 0.2) is 6.10 Å². The zero-order valence-electron chi connectivity index (χ0n) is 16.3. The molecule has 0 radical (unpaired) electrons. The van der Waals surface area contributed by atoms with Gasteiger partial charge in [0.2, 0.25) is 10.0 Å². The molecule has 1 unspecified atom stereocenters. The Morgan fingerprint density at radius 1 is 1.30 bits per heavy atom. The molecule has 0 fully saturated rings. The maximum atomic E-state index is 13.8. The summed E-state index contributed by atoms with van der Waals surface area (Å²) in [6.07, 6.45) is 0.554. The summed E-state index contributed by atoms with van der Waals surface area (Å²) in [5.41, 5.74) is 0.868. The molecule has 0 bridgehead atoms. The summed E-state index contributed by atoms with van der Waals surface area (Å²) in [5.74, 6) is 0.654. The first-order valence-corrected chi connectivity index (χ1v) is 12.7. The van der Waals surface area contributed by atoms with Crippen molar-refractivity contribution in [2.24, 2.45) is 0 Å². The van der Waals surface area contributed by atoms with Crippen molar-refractivity contribution < 1.29 is 22.3 Å². The number of nitrogens with zero attached hydrogens (tertiary/aromatic N) is 1. The summed E-state index contributed by atoms with van der Waals surface area (Å²) >= 11 is 7.46. The number of hydrogen-bond acceptors (Lipinski definition) is 5. The quantitative estimate of drug-likeness (QED) is 0.625. The Kier molecular flexibility index (Phi) is 7.49. The molecule has 1 atom stereocenters. The van der Waals surface area contributed by atoms with Crippen LogP contribution < -0.4 is 14.4 Å². The number of anilines is 1. The molecule has 10 heteroatoms. The van der Waals surface area contributed by atoms with Gasteiger partial charge in [-0.1, -0.05) is 29.8 Å². The molecule has 162 valence electrons. The van der Waals surface area contributed by atoms with Crippen LogP contribution in [0.2, 0.25) is 5.02 Å². The van der Waals surface area contributed by atoms with Crippen molar-refractivity contribution in [2.75, 3.05) is 29.4 Å². The molecular formula is C20H22ClFN2O4S2. The van der Waals surface area contributed by atoms with Crippen molar-refractivity contribution in [3.8, 4) is 5.75 Å². The first-order valence-electron chi connectivity index (χ1n) is 9.29. The molecule has 2 aromatic carbocycles. The molecule has 1 amide bonds. The first-order chi connectivity index (χ1) is 14.3. The smallest absolute Gasteiger partial charge is 0.261 e. The van der Waals surface area contributed by atoms with Crippen LogP contribution in [0.25, 0.3) is 0 Å². The Hall–Kier alpha value is -1.97. The van der Waals surface area contributed by atoms with Gasteiger partial charge in [-0.3, -0.25) is 9.10 Å². The molecule has 1 aliphatic heterocycles. The summed E-state index contributed by atoms with van der Waals surface area (Å²) in [6.45, 7) is 0.515. The molecule has 1 aliphatic rings. The monoisotopic (exact) mass is 472 g/mol. The van der Waals surface area contributed by atoms with E-state index in [1.807, 2.05) is 0 Å². The highest BCUT2D eigenvalue weighted by molar-refractivity contribution is 7.98. The van der Waals surface area contributed by atoms with Crippen molar-refractivity contribution in [1.82, 2.24) is 5.32 Å². The lowest BCUT2D eigenvalue weighted by molar-refractivity contribution is -0.127. The number of carbonyl (C=O) groups excluding carboxylic acids is 1. The SMILES string of the molecule is CS(=O)(=O)N1CCC(C(=O)NCCSCc2c(F)cccc2Cl)Oc2ccccc21. The van der Waals surface area contributed by atoms with Crippen LogP contribution in [0, 0.1) is 5.82 Å². The van der Waals surface area contributed by atoms with Crippen LogP contribution >= 0.6 is 23.4 Å². The number of fused-ring (bicyclic) bond motifs is 1. The number of ether oxygens (including phenoxy) is 1. The average Bonchev–Trinajstić information content (AvgIpc) is 2.89. The fourth-order valence-electron chi connectivity index (χ4n) is 3.06. The summed E-state index contributed by atoms with van der Waals surface area (Å²) in [5, 5.41) is 3.18. The largest absolute Gasteiger partial charge is 0.478 e. The van der Waals surface area contributed by atoms with Gasteiger partial charge >= 0.3 is 0 Å². The highest BCUT2D eigenvalue weighted by Gasteiger charge is 2.30. The topological polar surface area (TPSA) is 75.7 Å². The van der Waals surface area contributed by atoms with E-state index in [0.717, 1.165) is 6.26 Å². The van der Waals surface area contributed by atoms with E-state index in [0.29, 0.717) is 40.1 Å². The van der Waals surface area contributed by atoms with Crippen LogP contribution in [0.3, 0.4) is 0 Å². The Morgan fingerprint density at radius 3 is 2.80 bits per heavy atom. The summed E-state index contributed by atoms with van der Waals surface area (Å²) in [7, 11) is -3.49. The van der Waals surface area contributed by atoms with Gasteiger partial charge in [0, 0.05) is 41.6 Å². The van der Waals surface area contributed by atoms with Gasteiger partial charge in [-0.2, -0.15) is 11.8 Å². The number of benzene rings is 2. The van der Waals surface area contributed by atoms with Crippen molar-refractivity contribution in [2.45, 2.75) is 18.3 Å². The van der Waals surface area contributed by atoms with Crippen molar-refractivity contribution in [3.63, 3.8) is 0 Å². The van der Waals surface area contributed by atoms with Crippen molar-refractivity contribution >= 4 is 45.0 Å². The zero-order valence-corrected chi connectivity index (χ0v) is 18.7. The van der Waals surface area contributed by atoms with Crippen LogP contribution in [-0.4, -0.2) is 45.5 Å². The van der Waals surface area contributed by atoms with Crippen LogP contribution in [0.4, 0.5) is 10.1 Å². The number of halogens is 2. The lowest BCUT2D eigenvalue weighted by Crippen LogP contribution is -2.40. The van der Waals surface area contributed by atoms with E-state index in [1.165, 1.54) is 22.1 Å². The van der Waals surface area contributed by atoms with E-state index in [9.17, 15) is 17.6 Å². The maximum Gasteiger partial charge on any atom is 0.261 e. The second-order valence-electron chi connectivity index (χ2n) is 6.74. The molecule has 3 rings (SSSR count). The van der Waals surface area contributed by atoms with Crippen molar-refractivity contribution in [1.29, 1.82) is 0 Å². The third-order valence-electron chi connectivity index (χ3n) is 4.54. The van der Waals surface area contributed by atoms with Gasteiger partial charge < -0.3 is 10.1 Å². The molecule has 0 saturated heterocycles. The minimum atomic E-state index is -3.49. The number of hydrogen-bond donors (Lipinski definition) is 1. The lowest BCUT2D eigenvalue weighted by Gasteiger charge is -2.20. The second-order valence-corrected chi connectivity index (χ2v) is 10.2. The normalized spacial score (nSPS) is 16.4. The minimum Gasteiger partial charge on any atom is -0.478 e. The molecule has 30 heavy (non-hydrogen) atoms. The van der Waals surface area contributed by atoms with E-state index >= 15 is 0 Å². The van der Waals surface area contributed by atoms with E-state index < -0.39 is 16.1 Å². The Labute approximate surface area is 184 Å². The van der Waals surface area contributed by atoms with E-state index in [1.54, 1.807) is 36.4 Å². The van der Waals surface area contributed by atoms with Gasteiger partial charge in [-0.15, -0.1) is 0 Å². The lowest BCUT2D eigenvalue weighted by atomic mass is 10.2. The highest BCUT2D eigenvalue weighted by Crippen LogP contribution is 2.33. The summed E-state index contributed by atoms with van der Waals surface area (Å²) < 4.78 is 45.1. The fraction of sp³-hybridized carbons (Fsp3) is 0.350. The van der Waals surface area contributed by atoms with Crippen LogP contribution in [0.15, 0.2) is 42.5 Å². The average molecular weight is 473 g/mol. The van der Waals surface area contributed by atoms with E-state index in [-0.39, 0.29) is 24.7 Å². The molecule has 6 nitrogen and oxygen atoms in total. The summed E-state index contributed by atoms with van der Waals surface area (Å²) in [4.78, 5) is 12.6. The van der Waals surface area contributed by atoms with Gasteiger partial charge in [0.1, 0.15) is 11.6 Å². The zero-order chi connectivity index (χ0) is 21.7. The Morgan fingerprint density at radius 2 is 2.07 bits per heavy atom. The molecule has 0 aromatic heterocycles. The number of rotatable bonds is 7. The maximum absolute atomic E-state index is 13.8. The Balaban J connectivity index is 1.54. The number of nitrogens with one attached hydrogen (secondary N) is 1. The van der Waals surface area contributed by atoms with Crippen LogP contribution in [0.1, 0.15) is 12.0 Å². The molecule has 0 spiro atoms. The van der Waals surface area contributed by atoms with E-state index in [4.69, 9.17) is 16.3 Å². The third-order valence-corrected chi connectivity index (χ3v) is 7.06. The van der Waals surface area contributed by atoms with Gasteiger partial charge in [-0.05, 0) is 24.3 Å². The Bertz CT molecular complexity index is 999. The third kappa shape index (κ3) is 5.59. The highest BCUT2D eigenvalue weighted by atomic mass is 35.5. The number of para-hydroxylation sites is 2. The van der Waals surface area contributed by atoms with E-state index in [2.05, 4.69) is 5.32 Å². The second kappa shape index (κ2) is 9.89. The standard InChI is InChI=1S/C20H22ClFN2O4S2/c1-30(26,27)24-11-9-19(28-18-8-3-2-7-17(18)24)20(25)23-10-12-29-13-14-15(21)5-4-6-16(14)22/h2-8,19H,9-13H2,1H3,(H,23,25). The van der Waals surface area contributed by atoms with Crippen molar-refractivity contribution in [3.05, 3.63) is 58.9 Å². The number of thioether (sulfide) groups is 1. The fourth-order valence-corrected chi connectivity index (χ4v) is 5.21. The van der Waals surface area contributed by atoms with Crippen LogP contribution in [0.5, 0.6) is 5.75 Å². The summed E-state index contributed by atoms with van der Waals surface area (Å²) in [6, 6.07) is 11.3. The molecule has 0 aliphatic carbocycles. The predicted octanol–water partition coefficient (Wildman–Crippen LogP) is 3.45. The number of amides is 1. The molecule has 1 heterocycles. The first kappa shape index (κ1) is 22.7. The molecule has 2 aromatic rings. The minimum absolute atomic E-state index is 0.147. The molecule has 0 saturated carbocycles. The molecule has 1 N–H and O–H groups in total. The van der Waals surface area contributed by atoms with Gasteiger partial charge in [-0.25, -0.2) is 12.8 Å². The number of sulfonamides is 1. The van der Waals surface area contributed by atoms with Gasteiger partial charge in [0.05, 0.1) is 11.9 Å². The van der Waals surface area contributed by atoms with Crippen LogP contribution in [-0.2, 0) is 20.6 Å². The predicted molar refractivity (Wildman–Crippen MR) is 118 cm³/mol.